The zero-order chi connectivity index (χ0) is 26.5. The fraction of sp³-hybridized carbons (Fsp3) is 0.438. The van der Waals surface area contributed by atoms with Crippen LogP contribution in [0.15, 0.2) is 66.4 Å². The number of aromatic nitrogens is 1. The lowest BCUT2D eigenvalue weighted by Gasteiger charge is -2.07. The van der Waals surface area contributed by atoms with Gasteiger partial charge in [0.2, 0.25) is 0 Å². The van der Waals surface area contributed by atoms with Gasteiger partial charge in [0.1, 0.15) is 12.4 Å². The first-order valence-electron chi connectivity index (χ1n) is 13.6. The summed E-state index contributed by atoms with van der Waals surface area (Å²) in [4.78, 5) is 25.5. The molecule has 5 heteroatoms. The van der Waals surface area contributed by atoms with Crippen LogP contribution in [0.3, 0.4) is 0 Å². The summed E-state index contributed by atoms with van der Waals surface area (Å²) in [6.45, 7) is 5.04. The van der Waals surface area contributed by atoms with Gasteiger partial charge in [0, 0.05) is 35.6 Å². The van der Waals surface area contributed by atoms with Gasteiger partial charge in [-0.05, 0) is 55.5 Å². The van der Waals surface area contributed by atoms with Gasteiger partial charge in [-0.25, -0.2) is 0 Å². The third-order valence-electron chi connectivity index (χ3n) is 6.74. The molecule has 0 spiro atoms. The molecule has 0 radical (unpaired) electrons. The number of fused-ring (bicyclic) bond motifs is 1. The predicted molar refractivity (Wildman–Crippen MR) is 150 cm³/mol. The normalized spacial score (nSPS) is 11.6. The van der Waals surface area contributed by atoms with Crippen LogP contribution in [0.1, 0.15) is 87.6 Å². The van der Waals surface area contributed by atoms with Crippen molar-refractivity contribution in [3.05, 3.63) is 77.5 Å². The van der Waals surface area contributed by atoms with E-state index in [1.165, 1.54) is 32.1 Å². The van der Waals surface area contributed by atoms with Gasteiger partial charge >= 0.3 is 5.97 Å². The van der Waals surface area contributed by atoms with Gasteiger partial charge in [-0.1, -0.05) is 75.4 Å². The van der Waals surface area contributed by atoms with E-state index in [1.807, 2.05) is 61.7 Å². The molecule has 0 N–H and O–H groups in total. The molecule has 0 unspecified atom stereocenters. The Hall–Kier alpha value is -3.34. The van der Waals surface area contributed by atoms with Crippen LogP contribution in [-0.4, -0.2) is 23.4 Å². The second kappa shape index (κ2) is 15.0. The molecular formula is C32H41NO4. The van der Waals surface area contributed by atoms with Crippen molar-refractivity contribution in [3.8, 4) is 5.75 Å². The lowest BCUT2D eigenvalue weighted by molar-refractivity contribution is -0.145. The van der Waals surface area contributed by atoms with Gasteiger partial charge in [0.15, 0.2) is 5.78 Å². The van der Waals surface area contributed by atoms with Crippen LogP contribution < -0.4 is 4.74 Å². The van der Waals surface area contributed by atoms with E-state index in [9.17, 15) is 9.59 Å². The van der Waals surface area contributed by atoms with Crippen LogP contribution >= 0.6 is 0 Å². The molecule has 0 aliphatic carbocycles. The molecule has 1 aromatic heterocycles. The summed E-state index contributed by atoms with van der Waals surface area (Å²) in [6, 6.07) is 15.5. The van der Waals surface area contributed by atoms with Gasteiger partial charge in [-0.3, -0.25) is 9.59 Å². The maximum absolute atomic E-state index is 13.3. The molecule has 0 bridgehead atoms. The highest BCUT2D eigenvalue weighted by Crippen LogP contribution is 2.25. The summed E-state index contributed by atoms with van der Waals surface area (Å²) in [5.74, 6) is 0.632. The smallest absolute Gasteiger partial charge is 0.306 e. The number of hydrogen-bond donors (Lipinski definition) is 0. The van der Waals surface area contributed by atoms with E-state index in [-0.39, 0.29) is 18.4 Å². The molecule has 1 heterocycles. The van der Waals surface area contributed by atoms with E-state index in [1.54, 1.807) is 7.11 Å². The van der Waals surface area contributed by atoms with Crippen molar-refractivity contribution in [1.29, 1.82) is 0 Å². The minimum atomic E-state index is -0.225. The number of unbranched alkanes of at least 4 members (excludes halogenated alkanes) is 6. The maximum Gasteiger partial charge on any atom is 0.306 e. The average Bonchev–Trinajstić information content (AvgIpc) is 3.29. The Morgan fingerprint density at radius 1 is 0.919 bits per heavy atom. The Kier molecular flexibility index (Phi) is 11.5. The van der Waals surface area contributed by atoms with E-state index >= 15 is 0 Å². The average molecular weight is 504 g/mol. The molecule has 0 amide bonds. The number of benzene rings is 2. The fourth-order valence-corrected chi connectivity index (χ4v) is 4.51. The van der Waals surface area contributed by atoms with Crippen LogP contribution in [-0.2, 0) is 22.7 Å². The minimum Gasteiger partial charge on any atom is -0.497 e. The van der Waals surface area contributed by atoms with E-state index in [0.717, 1.165) is 46.2 Å². The molecule has 198 valence electrons. The van der Waals surface area contributed by atoms with Crippen molar-refractivity contribution in [3.63, 3.8) is 0 Å². The van der Waals surface area contributed by atoms with Crippen molar-refractivity contribution in [1.82, 2.24) is 4.57 Å². The zero-order valence-corrected chi connectivity index (χ0v) is 22.6. The second-order valence-electron chi connectivity index (χ2n) is 9.64. The Balaban J connectivity index is 1.53. The predicted octanol–water partition coefficient (Wildman–Crippen LogP) is 8.05. The van der Waals surface area contributed by atoms with Crippen molar-refractivity contribution >= 4 is 22.7 Å². The molecule has 0 aliphatic heterocycles. The third kappa shape index (κ3) is 8.63. The van der Waals surface area contributed by atoms with E-state index in [2.05, 4.69) is 17.6 Å². The molecule has 2 aromatic carbocycles. The van der Waals surface area contributed by atoms with Gasteiger partial charge < -0.3 is 14.0 Å². The molecule has 0 aliphatic rings. The highest BCUT2D eigenvalue weighted by molar-refractivity contribution is 6.16. The quantitative estimate of drug-likeness (QED) is 0.0858. The highest BCUT2D eigenvalue weighted by Gasteiger charge is 2.16. The van der Waals surface area contributed by atoms with Crippen LogP contribution in [0, 0.1) is 0 Å². The van der Waals surface area contributed by atoms with Crippen molar-refractivity contribution < 1.29 is 19.1 Å². The molecule has 0 saturated carbocycles. The summed E-state index contributed by atoms with van der Waals surface area (Å²) in [5, 5.41) is 0.960. The largest absolute Gasteiger partial charge is 0.497 e. The zero-order valence-electron chi connectivity index (χ0n) is 22.6. The molecule has 0 saturated heterocycles. The SMILES string of the molecule is CCCCCCCC/C=C(\C)C(=O)c1cn(CCCC(=O)OCc2ccc(OC)cc2)c2ccccc12. The summed E-state index contributed by atoms with van der Waals surface area (Å²) >= 11 is 0. The summed E-state index contributed by atoms with van der Waals surface area (Å²) in [7, 11) is 1.62. The van der Waals surface area contributed by atoms with Gasteiger partial charge in [-0.2, -0.15) is 0 Å². The Morgan fingerprint density at radius 3 is 2.41 bits per heavy atom. The summed E-state index contributed by atoms with van der Waals surface area (Å²) in [6.07, 6.45) is 13.4. The first-order valence-corrected chi connectivity index (χ1v) is 13.6. The number of ketones is 1. The van der Waals surface area contributed by atoms with Crippen LogP contribution in [0.4, 0.5) is 0 Å². The number of hydrogen-bond acceptors (Lipinski definition) is 4. The van der Waals surface area contributed by atoms with Crippen molar-refractivity contribution in [2.24, 2.45) is 0 Å². The number of ether oxygens (including phenoxy) is 2. The van der Waals surface area contributed by atoms with E-state index < -0.39 is 0 Å². The first-order chi connectivity index (χ1) is 18.0. The molecule has 37 heavy (non-hydrogen) atoms. The van der Waals surface area contributed by atoms with Crippen molar-refractivity contribution in [2.75, 3.05) is 7.11 Å². The number of carbonyl (C=O) groups excluding carboxylic acids is 2. The third-order valence-corrected chi connectivity index (χ3v) is 6.74. The number of aryl methyl sites for hydroxylation is 1. The first kappa shape index (κ1) is 28.2. The van der Waals surface area contributed by atoms with Gasteiger partial charge in [-0.15, -0.1) is 0 Å². The number of nitrogens with zero attached hydrogens (tertiary/aromatic N) is 1. The highest BCUT2D eigenvalue weighted by atomic mass is 16.5. The standard InChI is InChI=1S/C32H41NO4/c1-4-5-6-7-8-9-10-14-25(2)32(35)29-23-33(30-16-12-11-15-28(29)30)22-13-17-31(34)37-24-26-18-20-27(36-3)21-19-26/h11-12,14-16,18-21,23H,4-10,13,17,22,24H2,1-3H3/b25-14+. The molecular weight excluding hydrogens is 462 g/mol. The summed E-state index contributed by atoms with van der Waals surface area (Å²) in [5.41, 5.74) is 3.47. The number of para-hydroxylation sites is 1. The Morgan fingerprint density at radius 2 is 1.65 bits per heavy atom. The maximum atomic E-state index is 13.3. The van der Waals surface area contributed by atoms with Crippen molar-refractivity contribution in [2.45, 2.75) is 84.8 Å². The number of allylic oxidation sites excluding steroid dienone is 2. The Bertz CT molecular complexity index is 1170. The second-order valence-corrected chi connectivity index (χ2v) is 9.64. The van der Waals surface area contributed by atoms with E-state index in [4.69, 9.17) is 9.47 Å². The van der Waals surface area contributed by atoms with Gasteiger partial charge in [0.05, 0.1) is 7.11 Å². The molecule has 3 rings (SSSR count). The fourth-order valence-electron chi connectivity index (χ4n) is 4.51. The van der Waals surface area contributed by atoms with E-state index in [0.29, 0.717) is 19.4 Å². The lowest BCUT2D eigenvalue weighted by atomic mass is 10.0. The molecule has 0 atom stereocenters. The summed E-state index contributed by atoms with van der Waals surface area (Å²) < 4.78 is 12.7. The lowest BCUT2D eigenvalue weighted by Crippen LogP contribution is -2.06. The molecule has 0 fully saturated rings. The monoisotopic (exact) mass is 503 g/mol. The van der Waals surface area contributed by atoms with Gasteiger partial charge in [0.25, 0.3) is 0 Å². The molecule has 3 aromatic rings. The number of carbonyl (C=O) groups is 2. The Labute approximate surface area is 221 Å². The number of esters is 1. The number of rotatable bonds is 16. The number of methoxy groups -OCH3 is 1. The van der Waals surface area contributed by atoms with Crippen LogP contribution in [0.25, 0.3) is 10.9 Å². The van der Waals surface area contributed by atoms with Crippen LogP contribution in [0.2, 0.25) is 0 Å². The number of Topliss-reactive ketones (excluding diaryl/α,β-unsaturated/α-hetero) is 1. The topological polar surface area (TPSA) is 57.5 Å². The van der Waals surface area contributed by atoms with Crippen LogP contribution in [0.5, 0.6) is 5.75 Å². The molecule has 5 nitrogen and oxygen atoms in total. The minimum absolute atomic E-state index is 0.0832.